The van der Waals surface area contributed by atoms with Crippen LogP contribution < -0.4 is 21.3 Å². The Morgan fingerprint density at radius 3 is 2.04 bits per heavy atom. The van der Waals surface area contributed by atoms with Crippen LogP contribution in [0.2, 0.25) is 0 Å². The first kappa shape index (κ1) is 39.9. The summed E-state index contributed by atoms with van der Waals surface area (Å²) >= 11 is 0. The second kappa shape index (κ2) is 15.4. The lowest BCUT2D eigenvalue weighted by atomic mass is 9.70. The minimum absolute atomic E-state index is 0.00866. The summed E-state index contributed by atoms with van der Waals surface area (Å²) in [4.78, 5) is 70.9. The van der Waals surface area contributed by atoms with Crippen LogP contribution in [0.1, 0.15) is 137 Å². The molecule has 5 atom stereocenters. The Morgan fingerprint density at radius 1 is 0.849 bits per heavy atom. The van der Waals surface area contributed by atoms with Crippen molar-refractivity contribution in [3.63, 3.8) is 0 Å². The van der Waals surface area contributed by atoms with Gasteiger partial charge in [0.1, 0.15) is 12.1 Å². The van der Waals surface area contributed by atoms with E-state index in [9.17, 15) is 32.4 Å². The van der Waals surface area contributed by atoms with Gasteiger partial charge in [-0.05, 0) is 80.5 Å². The van der Waals surface area contributed by atoms with E-state index in [0.29, 0.717) is 38.8 Å². The Kier molecular flexibility index (Phi) is 11.6. The van der Waals surface area contributed by atoms with Gasteiger partial charge in [-0.25, -0.2) is 13.2 Å². The molecule has 6 rings (SSSR count). The summed E-state index contributed by atoms with van der Waals surface area (Å²) in [5.41, 5.74) is -1.71. The topological polar surface area (TPSA) is 174 Å². The highest BCUT2D eigenvalue weighted by Gasteiger charge is 2.70. The predicted molar refractivity (Wildman–Crippen MR) is 201 cm³/mol. The SMILES string of the molecule is CCC[C@H](NC(=O)[C@@H]1[C@@H]2[C@H](CN1C(=O)[C@@H](NC(=O)NC1(CS(=O)(=O)N(CC)C3CC3)CCCCC1)C1(C)CCCCC1)C2(C)C)C(=O)C(=O)NC1CC1. The molecule has 0 aromatic rings. The lowest BCUT2D eigenvalue weighted by Gasteiger charge is -2.44. The third-order valence-corrected chi connectivity index (χ3v) is 15.8. The third-order valence-electron chi connectivity index (χ3n) is 13.6. The molecule has 5 saturated carbocycles. The molecule has 0 aromatic heterocycles. The van der Waals surface area contributed by atoms with Crippen molar-refractivity contribution in [1.29, 1.82) is 0 Å². The van der Waals surface area contributed by atoms with E-state index in [1.807, 2.05) is 20.8 Å². The van der Waals surface area contributed by atoms with Crippen LogP contribution in [0.3, 0.4) is 0 Å². The second-order valence-electron chi connectivity index (χ2n) is 18.1. The number of hydrogen-bond acceptors (Lipinski definition) is 7. The van der Waals surface area contributed by atoms with Crippen LogP contribution >= 0.6 is 0 Å². The van der Waals surface area contributed by atoms with E-state index in [2.05, 4.69) is 35.1 Å². The zero-order valence-corrected chi connectivity index (χ0v) is 33.5. The van der Waals surface area contributed by atoms with Gasteiger partial charge in [-0.15, -0.1) is 0 Å². The van der Waals surface area contributed by atoms with Crippen LogP contribution in [-0.2, 0) is 29.2 Å². The second-order valence-corrected chi connectivity index (χ2v) is 20.1. The van der Waals surface area contributed by atoms with E-state index in [1.54, 1.807) is 9.21 Å². The molecule has 0 bridgehead atoms. The number of carbonyl (C=O) groups is 5. The van der Waals surface area contributed by atoms with Gasteiger partial charge < -0.3 is 26.2 Å². The van der Waals surface area contributed by atoms with E-state index < -0.39 is 62.7 Å². The fraction of sp³-hybridized carbons (Fsp3) is 0.872. The zero-order valence-electron chi connectivity index (χ0n) is 32.6. The molecule has 4 N–H and O–H groups in total. The minimum Gasteiger partial charge on any atom is -0.347 e. The molecule has 0 unspecified atom stereocenters. The third kappa shape index (κ3) is 8.58. The number of piperidine rings is 1. The van der Waals surface area contributed by atoms with Crippen molar-refractivity contribution in [2.24, 2.45) is 22.7 Å². The summed E-state index contributed by atoms with van der Waals surface area (Å²) in [6, 6.07) is -3.29. The molecule has 1 aliphatic heterocycles. The fourth-order valence-corrected chi connectivity index (χ4v) is 12.3. The van der Waals surface area contributed by atoms with Crippen LogP contribution in [0.5, 0.6) is 0 Å². The molecule has 0 radical (unpaired) electrons. The van der Waals surface area contributed by atoms with E-state index in [0.717, 1.165) is 77.0 Å². The van der Waals surface area contributed by atoms with Crippen molar-refractivity contribution < 1.29 is 32.4 Å². The molecule has 5 aliphatic carbocycles. The average Bonchev–Trinajstić information content (AvgIpc) is 4.06. The number of fused-ring (bicyclic) bond motifs is 1. The molecule has 14 heteroatoms. The molecular weight excluding hydrogens is 697 g/mol. The maximum Gasteiger partial charge on any atom is 0.315 e. The van der Waals surface area contributed by atoms with Gasteiger partial charge in [0.25, 0.3) is 5.91 Å². The number of likely N-dealkylation sites (tertiary alicyclic amines) is 1. The molecule has 1 heterocycles. The molecular formula is C39H64N6O7S. The largest absolute Gasteiger partial charge is 0.347 e. The minimum atomic E-state index is -3.64. The Labute approximate surface area is 316 Å². The Bertz CT molecular complexity index is 1530. The van der Waals surface area contributed by atoms with Gasteiger partial charge >= 0.3 is 6.03 Å². The molecule has 5 amide bonds. The first-order chi connectivity index (χ1) is 25.1. The van der Waals surface area contributed by atoms with Crippen molar-refractivity contribution >= 4 is 39.6 Å². The van der Waals surface area contributed by atoms with Crippen LogP contribution in [0.15, 0.2) is 0 Å². The number of Topliss-reactive ketones (excluding diaryl/α,β-unsaturated/α-hetero) is 1. The lowest BCUT2D eigenvalue weighted by Crippen LogP contribution is -2.65. The van der Waals surface area contributed by atoms with Gasteiger partial charge in [-0.3, -0.25) is 19.2 Å². The van der Waals surface area contributed by atoms with E-state index in [4.69, 9.17) is 0 Å². The Morgan fingerprint density at radius 2 is 1.47 bits per heavy atom. The van der Waals surface area contributed by atoms with Crippen molar-refractivity contribution in [3.8, 4) is 0 Å². The number of carbonyl (C=O) groups excluding carboxylic acids is 5. The van der Waals surface area contributed by atoms with Gasteiger partial charge in [-0.1, -0.05) is 79.6 Å². The quantitative estimate of drug-likeness (QED) is 0.174. The smallest absolute Gasteiger partial charge is 0.315 e. The van der Waals surface area contributed by atoms with Gasteiger partial charge in [0.2, 0.25) is 27.6 Å². The first-order valence-electron chi connectivity index (χ1n) is 20.6. The fourth-order valence-electron chi connectivity index (χ4n) is 10.0. The highest BCUT2D eigenvalue weighted by Crippen LogP contribution is 2.65. The summed E-state index contributed by atoms with van der Waals surface area (Å²) in [5.74, 6) is -2.33. The van der Waals surface area contributed by atoms with Crippen LogP contribution in [-0.4, -0.2) is 102 Å². The Balaban J connectivity index is 1.22. The molecule has 1 saturated heterocycles. The molecule has 53 heavy (non-hydrogen) atoms. The average molecular weight is 761 g/mol. The number of rotatable bonds is 16. The first-order valence-corrected chi connectivity index (χ1v) is 22.2. The molecule has 298 valence electrons. The number of ketones is 1. The summed E-state index contributed by atoms with van der Waals surface area (Å²) in [6.07, 6.45) is 12.2. The van der Waals surface area contributed by atoms with Crippen LogP contribution in [0, 0.1) is 22.7 Å². The number of nitrogens with zero attached hydrogens (tertiary/aromatic N) is 2. The number of amides is 5. The van der Waals surface area contributed by atoms with Crippen molar-refractivity contribution in [2.75, 3.05) is 18.8 Å². The molecule has 6 fully saturated rings. The lowest BCUT2D eigenvalue weighted by molar-refractivity contribution is -0.146. The highest BCUT2D eigenvalue weighted by atomic mass is 32.2. The van der Waals surface area contributed by atoms with Gasteiger partial charge in [-0.2, -0.15) is 4.31 Å². The normalized spacial score (nSPS) is 28.3. The molecule has 6 aliphatic rings. The monoisotopic (exact) mass is 760 g/mol. The van der Waals surface area contributed by atoms with Gasteiger partial charge in [0, 0.05) is 25.2 Å². The van der Waals surface area contributed by atoms with E-state index in [-0.39, 0.29) is 41.0 Å². The number of hydrogen-bond donors (Lipinski definition) is 4. The number of urea groups is 1. The summed E-state index contributed by atoms with van der Waals surface area (Å²) in [7, 11) is -3.64. The number of nitrogens with one attached hydrogen (secondary N) is 4. The highest BCUT2D eigenvalue weighted by molar-refractivity contribution is 7.89. The van der Waals surface area contributed by atoms with Crippen molar-refractivity contribution in [1.82, 2.24) is 30.5 Å². The van der Waals surface area contributed by atoms with E-state index >= 15 is 0 Å². The van der Waals surface area contributed by atoms with Crippen LogP contribution in [0.25, 0.3) is 0 Å². The number of sulfonamides is 1. The maximum atomic E-state index is 14.9. The summed E-state index contributed by atoms with van der Waals surface area (Å²) in [5, 5.41) is 11.8. The molecule has 0 spiro atoms. The van der Waals surface area contributed by atoms with E-state index in [1.165, 1.54) is 0 Å². The Hall–Kier alpha value is -2.74. The van der Waals surface area contributed by atoms with Crippen molar-refractivity contribution in [2.45, 2.75) is 173 Å². The van der Waals surface area contributed by atoms with Gasteiger partial charge in [0.05, 0.1) is 17.3 Å². The predicted octanol–water partition coefficient (Wildman–Crippen LogP) is 3.76. The van der Waals surface area contributed by atoms with Gasteiger partial charge in [0.15, 0.2) is 0 Å². The maximum absolute atomic E-state index is 14.9. The molecule has 0 aromatic carbocycles. The van der Waals surface area contributed by atoms with Crippen LogP contribution in [0.4, 0.5) is 4.79 Å². The zero-order chi connectivity index (χ0) is 38.3. The standard InChI is InChI=1S/C39H64N6O7S/c1-6-14-28(31(46)34(48)40-25-15-16-25)41-33(47)30-29-27(37(29,3)4)23-44(30)35(49)32(38(5)19-10-8-11-20-38)42-36(50)43-39(21-12-9-13-22-39)24-53(51,52)45(7-2)26-17-18-26/h25-30,32H,6-24H2,1-5H3,(H,40,48)(H,41,47)(H2,42,43,50)/t27-,28-,29-,30-,32+/m0/s1. The molecule has 13 nitrogen and oxygen atoms in total. The summed E-state index contributed by atoms with van der Waals surface area (Å²) in [6.45, 7) is 10.7. The van der Waals surface area contributed by atoms with Crippen molar-refractivity contribution in [3.05, 3.63) is 0 Å². The summed E-state index contributed by atoms with van der Waals surface area (Å²) < 4.78 is 29.1.